The van der Waals surface area contributed by atoms with Crippen LogP contribution in [0.4, 0.5) is 0 Å². The standard InChI is InChI=1S/C13H14N2O2/c14-8-12-2-1-7-15(12)9-10-3-5-11(6-4-10)13(16)17/h3-6,12H,1-2,7,9H2,(H,16,17). The van der Waals surface area contributed by atoms with Crippen LogP contribution >= 0.6 is 0 Å². The predicted molar refractivity (Wildman–Crippen MR) is 62.4 cm³/mol. The Hall–Kier alpha value is -1.86. The SMILES string of the molecule is N#CC1CCCN1Cc1ccc(C(=O)O)cc1. The van der Waals surface area contributed by atoms with Crippen molar-refractivity contribution in [3.8, 4) is 6.07 Å². The molecule has 1 aromatic carbocycles. The van der Waals surface area contributed by atoms with Gasteiger partial charge in [0.2, 0.25) is 0 Å². The van der Waals surface area contributed by atoms with Crippen LogP contribution in [0.1, 0.15) is 28.8 Å². The van der Waals surface area contributed by atoms with Crippen LogP contribution in [0.2, 0.25) is 0 Å². The largest absolute Gasteiger partial charge is 0.478 e. The van der Waals surface area contributed by atoms with Crippen molar-refractivity contribution >= 4 is 5.97 Å². The summed E-state index contributed by atoms with van der Waals surface area (Å²) in [6.45, 7) is 1.66. The van der Waals surface area contributed by atoms with Crippen molar-refractivity contribution in [2.75, 3.05) is 6.54 Å². The topological polar surface area (TPSA) is 64.3 Å². The summed E-state index contributed by atoms with van der Waals surface area (Å²) in [6, 6.07) is 9.15. The highest BCUT2D eigenvalue weighted by atomic mass is 16.4. The molecular weight excluding hydrogens is 216 g/mol. The number of carboxylic acids is 1. The number of hydrogen-bond donors (Lipinski definition) is 1. The molecule has 1 heterocycles. The number of carbonyl (C=O) groups is 1. The molecule has 4 nitrogen and oxygen atoms in total. The van der Waals surface area contributed by atoms with E-state index in [0.29, 0.717) is 5.56 Å². The minimum atomic E-state index is -0.910. The predicted octanol–water partition coefficient (Wildman–Crippen LogP) is 1.87. The van der Waals surface area contributed by atoms with Crippen molar-refractivity contribution in [1.82, 2.24) is 4.90 Å². The van der Waals surface area contributed by atoms with Crippen LogP contribution in [-0.2, 0) is 6.54 Å². The molecular formula is C13H14N2O2. The van der Waals surface area contributed by atoms with Gasteiger partial charge in [-0.2, -0.15) is 5.26 Å². The number of likely N-dealkylation sites (tertiary alicyclic amines) is 1. The third-order valence-corrected chi connectivity index (χ3v) is 3.10. The van der Waals surface area contributed by atoms with Crippen LogP contribution in [0, 0.1) is 11.3 Å². The van der Waals surface area contributed by atoms with E-state index in [0.717, 1.165) is 31.5 Å². The lowest BCUT2D eigenvalue weighted by Gasteiger charge is -2.18. The van der Waals surface area contributed by atoms with Gasteiger partial charge in [-0.25, -0.2) is 4.79 Å². The first kappa shape index (κ1) is 11.6. The van der Waals surface area contributed by atoms with Crippen molar-refractivity contribution in [3.05, 3.63) is 35.4 Å². The zero-order chi connectivity index (χ0) is 12.3. The molecule has 1 aliphatic heterocycles. The Morgan fingerprint density at radius 1 is 1.47 bits per heavy atom. The maximum atomic E-state index is 10.7. The normalized spacial score (nSPS) is 20.1. The van der Waals surface area contributed by atoms with Crippen molar-refractivity contribution < 1.29 is 9.90 Å². The van der Waals surface area contributed by atoms with Crippen LogP contribution < -0.4 is 0 Å². The number of nitrogens with zero attached hydrogens (tertiary/aromatic N) is 2. The molecule has 1 N–H and O–H groups in total. The molecule has 1 unspecified atom stereocenters. The number of nitriles is 1. The second-order valence-electron chi connectivity index (χ2n) is 4.26. The fourth-order valence-corrected chi connectivity index (χ4v) is 2.15. The summed E-state index contributed by atoms with van der Waals surface area (Å²) >= 11 is 0. The molecule has 0 spiro atoms. The highest BCUT2D eigenvalue weighted by molar-refractivity contribution is 5.87. The smallest absolute Gasteiger partial charge is 0.335 e. The molecule has 1 aliphatic rings. The van der Waals surface area contributed by atoms with Crippen molar-refractivity contribution in [3.63, 3.8) is 0 Å². The summed E-state index contributed by atoms with van der Waals surface area (Å²) in [5.74, 6) is -0.910. The Morgan fingerprint density at radius 2 is 2.18 bits per heavy atom. The molecule has 0 aromatic heterocycles. The van der Waals surface area contributed by atoms with Gasteiger partial charge in [-0.05, 0) is 37.1 Å². The minimum Gasteiger partial charge on any atom is -0.478 e. The molecule has 0 radical (unpaired) electrons. The van der Waals surface area contributed by atoms with Gasteiger partial charge >= 0.3 is 5.97 Å². The molecule has 0 bridgehead atoms. The first-order valence-electron chi connectivity index (χ1n) is 5.66. The zero-order valence-electron chi connectivity index (χ0n) is 9.47. The first-order valence-corrected chi connectivity index (χ1v) is 5.66. The molecule has 0 saturated carbocycles. The van der Waals surface area contributed by atoms with Crippen molar-refractivity contribution in [1.29, 1.82) is 5.26 Å². The van der Waals surface area contributed by atoms with Gasteiger partial charge in [0.1, 0.15) is 0 Å². The lowest BCUT2D eigenvalue weighted by Crippen LogP contribution is -2.27. The van der Waals surface area contributed by atoms with Crippen LogP contribution in [0.3, 0.4) is 0 Å². The molecule has 2 rings (SSSR count). The molecule has 17 heavy (non-hydrogen) atoms. The number of rotatable bonds is 3. The summed E-state index contributed by atoms with van der Waals surface area (Å²) in [5, 5.41) is 17.7. The summed E-state index contributed by atoms with van der Waals surface area (Å²) in [7, 11) is 0. The lowest BCUT2D eigenvalue weighted by atomic mass is 10.1. The van der Waals surface area contributed by atoms with Crippen LogP contribution in [0.25, 0.3) is 0 Å². The Labute approximate surface area is 100 Å². The summed E-state index contributed by atoms with van der Waals surface area (Å²) in [4.78, 5) is 12.8. The van der Waals surface area contributed by atoms with Crippen LogP contribution in [0.5, 0.6) is 0 Å². The van der Waals surface area contributed by atoms with E-state index in [2.05, 4.69) is 11.0 Å². The van der Waals surface area contributed by atoms with E-state index < -0.39 is 5.97 Å². The third-order valence-electron chi connectivity index (χ3n) is 3.10. The minimum absolute atomic E-state index is 0.00847. The van der Waals surface area contributed by atoms with Gasteiger partial charge in [-0.3, -0.25) is 4.90 Å². The van der Waals surface area contributed by atoms with Gasteiger partial charge in [-0.1, -0.05) is 12.1 Å². The van der Waals surface area contributed by atoms with E-state index in [1.807, 2.05) is 12.1 Å². The molecule has 4 heteroatoms. The van der Waals surface area contributed by atoms with E-state index in [9.17, 15) is 4.79 Å². The van der Waals surface area contributed by atoms with Crippen LogP contribution in [-0.4, -0.2) is 28.6 Å². The van der Waals surface area contributed by atoms with E-state index in [-0.39, 0.29) is 6.04 Å². The average Bonchev–Trinajstić information content (AvgIpc) is 2.77. The van der Waals surface area contributed by atoms with Gasteiger partial charge in [0.05, 0.1) is 17.7 Å². The summed E-state index contributed by atoms with van der Waals surface area (Å²) in [6.07, 6.45) is 2.00. The van der Waals surface area contributed by atoms with Crippen LogP contribution in [0.15, 0.2) is 24.3 Å². The number of aromatic carboxylic acids is 1. The Balaban J connectivity index is 2.04. The Kier molecular flexibility index (Phi) is 3.40. The van der Waals surface area contributed by atoms with E-state index in [4.69, 9.17) is 10.4 Å². The summed E-state index contributed by atoms with van der Waals surface area (Å²) in [5.41, 5.74) is 1.35. The molecule has 88 valence electrons. The van der Waals surface area contributed by atoms with Gasteiger partial charge in [0.25, 0.3) is 0 Å². The average molecular weight is 230 g/mol. The molecule has 0 amide bonds. The fourth-order valence-electron chi connectivity index (χ4n) is 2.15. The Morgan fingerprint density at radius 3 is 2.76 bits per heavy atom. The lowest BCUT2D eigenvalue weighted by molar-refractivity contribution is 0.0697. The van der Waals surface area contributed by atoms with Gasteiger partial charge < -0.3 is 5.11 Å². The van der Waals surface area contributed by atoms with Crippen molar-refractivity contribution in [2.45, 2.75) is 25.4 Å². The number of hydrogen-bond acceptors (Lipinski definition) is 3. The highest BCUT2D eigenvalue weighted by Gasteiger charge is 2.23. The zero-order valence-corrected chi connectivity index (χ0v) is 9.47. The maximum Gasteiger partial charge on any atom is 0.335 e. The third kappa shape index (κ3) is 2.63. The van der Waals surface area contributed by atoms with E-state index in [1.54, 1.807) is 12.1 Å². The number of carboxylic acid groups (broad SMARTS) is 1. The second-order valence-corrected chi connectivity index (χ2v) is 4.26. The summed E-state index contributed by atoms with van der Waals surface area (Å²) < 4.78 is 0. The van der Waals surface area contributed by atoms with Gasteiger partial charge in [0.15, 0.2) is 0 Å². The van der Waals surface area contributed by atoms with Crippen molar-refractivity contribution in [2.24, 2.45) is 0 Å². The molecule has 0 aliphatic carbocycles. The Bertz CT molecular complexity index is 447. The maximum absolute atomic E-state index is 10.7. The van der Waals surface area contributed by atoms with Gasteiger partial charge in [-0.15, -0.1) is 0 Å². The first-order chi connectivity index (χ1) is 8.20. The number of benzene rings is 1. The molecule has 1 saturated heterocycles. The quantitative estimate of drug-likeness (QED) is 0.861. The monoisotopic (exact) mass is 230 g/mol. The van der Waals surface area contributed by atoms with E-state index in [1.165, 1.54) is 0 Å². The van der Waals surface area contributed by atoms with E-state index >= 15 is 0 Å². The fraction of sp³-hybridized carbons (Fsp3) is 0.385. The van der Waals surface area contributed by atoms with Gasteiger partial charge in [0, 0.05) is 6.54 Å². The molecule has 1 atom stereocenters. The molecule has 1 aromatic rings. The molecule has 1 fully saturated rings. The highest BCUT2D eigenvalue weighted by Crippen LogP contribution is 2.19. The second kappa shape index (κ2) is 4.98.